The summed E-state index contributed by atoms with van der Waals surface area (Å²) < 4.78 is 12.8. The number of urea groups is 1. The van der Waals surface area contributed by atoms with Crippen LogP contribution in [-0.2, 0) is 11.3 Å². The van der Waals surface area contributed by atoms with Gasteiger partial charge in [-0.2, -0.15) is 0 Å². The van der Waals surface area contributed by atoms with E-state index in [-0.39, 0.29) is 36.3 Å². The molecule has 0 aromatic heterocycles. The van der Waals surface area contributed by atoms with Crippen LogP contribution in [0.25, 0.3) is 0 Å². The van der Waals surface area contributed by atoms with Crippen LogP contribution in [0.2, 0.25) is 0 Å². The lowest BCUT2D eigenvalue weighted by Gasteiger charge is -2.42. The Hall–Kier alpha value is -2.15. The van der Waals surface area contributed by atoms with E-state index < -0.39 is 6.03 Å². The molecule has 132 valence electrons. The molecule has 24 heavy (non-hydrogen) atoms. The van der Waals surface area contributed by atoms with Gasteiger partial charge in [-0.25, -0.2) is 9.18 Å². The Morgan fingerprint density at radius 2 is 1.96 bits per heavy atom. The number of piperidine rings is 1. The van der Waals surface area contributed by atoms with Gasteiger partial charge in [0.1, 0.15) is 5.82 Å². The van der Waals surface area contributed by atoms with E-state index in [9.17, 15) is 14.0 Å². The number of halogens is 1. The molecule has 1 aliphatic heterocycles. The highest BCUT2D eigenvalue weighted by Gasteiger charge is 2.35. The molecule has 7 heteroatoms. The van der Waals surface area contributed by atoms with Gasteiger partial charge in [-0.3, -0.25) is 4.79 Å². The van der Waals surface area contributed by atoms with Gasteiger partial charge in [0.05, 0.1) is 6.54 Å². The standard InChI is InChI=1S/C17H25FN4O2/c1-17(2)11-22(8-7-14(17)19)15(23)10-21-16(24)20-9-12-3-5-13(18)6-4-12/h3-6,14H,7-11,19H2,1-2H3,(H2,20,21,24). The predicted octanol–water partition coefficient (Wildman–Crippen LogP) is 1.21. The van der Waals surface area contributed by atoms with Gasteiger partial charge in [-0.05, 0) is 29.5 Å². The van der Waals surface area contributed by atoms with Crippen molar-refractivity contribution in [3.63, 3.8) is 0 Å². The fraction of sp³-hybridized carbons (Fsp3) is 0.529. The quantitative estimate of drug-likeness (QED) is 0.772. The minimum atomic E-state index is -0.430. The number of hydrogen-bond donors (Lipinski definition) is 3. The maximum Gasteiger partial charge on any atom is 0.315 e. The summed E-state index contributed by atoms with van der Waals surface area (Å²) in [7, 11) is 0. The maximum atomic E-state index is 12.8. The van der Waals surface area contributed by atoms with E-state index in [1.165, 1.54) is 12.1 Å². The van der Waals surface area contributed by atoms with Gasteiger partial charge in [0, 0.05) is 25.7 Å². The van der Waals surface area contributed by atoms with Gasteiger partial charge in [0.2, 0.25) is 5.91 Å². The van der Waals surface area contributed by atoms with Gasteiger partial charge >= 0.3 is 6.03 Å². The lowest BCUT2D eigenvalue weighted by Crippen LogP contribution is -2.55. The molecule has 1 atom stereocenters. The molecule has 1 fully saturated rings. The summed E-state index contributed by atoms with van der Waals surface area (Å²) in [5.74, 6) is -0.440. The second kappa shape index (κ2) is 7.61. The van der Waals surface area contributed by atoms with Crippen LogP contribution in [0.5, 0.6) is 0 Å². The largest absolute Gasteiger partial charge is 0.341 e. The summed E-state index contributed by atoms with van der Waals surface area (Å²) in [6, 6.07) is 5.51. The first-order chi connectivity index (χ1) is 11.3. The number of nitrogens with two attached hydrogens (primary N) is 1. The van der Waals surface area contributed by atoms with Crippen LogP contribution in [0, 0.1) is 11.2 Å². The molecule has 0 spiro atoms. The fourth-order valence-electron chi connectivity index (χ4n) is 2.70. The molecule has 3 amide bonds. The Bertz CT molecular complexity index is 589. The Morgan fingerprint density at radius 1 is 1.29 bits per heavy atom. The number of nitrogens with zero attached hydrogens (tertiary/aromatic N) is 1. The van der Waals surface area contributed by atoms with Crippen LogP contribution in [0.3, 0.4) is 0 Å². The zero-order chi connectivity index (χ0) is 17.7. The molecule has 0 saturated carbocycles. The molecule has 0 aliphatic carbocycles. The lowest BCUT2D eigenvalue weighted by atomic mass is 9.80. The van der Waals surface area contributed by atoms with E-state index >= 15 is 0 Å². The second-order valence-electron chi connectivity index (χ2n) is 6.86. The molecule has 0 bridgehead atoms. The molecule has 1 aromatic rings. The van der Waals surface area contributed by atoms with Crippen LogP contribution in [0.4, 0.5) is 9.18 Å². The van der Waals surface area contributed by atoms with Crippen molar-refractivity contribution in [2.45, 2.75) is 32.9 Å². The molecule has 0 radical (unpaired) electrons. The SMILES string of the molecule is CC1(C)CN(C(=O)CNC(=O)NCc2ccc(F)cc2)CCC1N. The number of nitrogens with one attached hydrogen (secondary N) is 2. The number of rotatable bonds is 4. The first-order valence-electron chi connectivity index (χ1n) is 8.07. The molecule has 1 aromatic carbocycles. The van der Waals surface area contributed by atoms with Crippen LogP contribution in [0.15, 0.2) is 24.3 Å². The van der Waals surface area contributed by atoms with Crippen molar-refractivity contribution in [1.82, 2.24) is 15.5 Å². The van der Waals surface area contributed by atoms with E-state index in [1.54, 1.807) is 17.0 Å². The van der Waals surface area contributed by atoms with Crippen LogP contribution in [-0.4, -0.2) is 42.5 Å². The first kappa shape index (κ1) is 18.2. The van der Waals surface area contributed by atoms with Gasteiger partial charge < -0.3 is 21.3 Å². The molecule has 4 N–H and O–H groups in total. The zero-order valence-corrected chi connectivity index (χ0v) is 14.1. The van der Waals surface area contributed by atoms with E-state index in [1.807, 2.05) is 13.8 Å². The van der Waals surface area contributed by atoms with Crippen LogP contribution >= 0.6 is 0 Å². The number of likely N-dealkylation sites (tertiary alicyclic amines) is 1. The highest BCUT2D eigenvalue weighted by molar-refractivity contribution is 5.84. The third kappa shape index (κ3) is 4.92. The van der Waals surface area contributed by atoms with Crippen molar-refractivity contribution in [2.24, 2.45) is 11.1 Å². The summed E-state index contributed by atoms with van der Waals surface area (Å²) in [4.78, 5) is 25.7. The van der Waals surface area contributed by atoms with Gasteiger partial charge in [-0.1, -0.05) is 26.0 Å². The number of benzene rings is 1. The molecular formula is C17H25FN4O2. The Morgan fingerprint density at radius 3 is 2.58 bits per heavy atom. The van der Waals surface area contributed by atoms with Crippen molar-refractivity contribution in [3.05, 3.63) is 35.6 Å². The van der Waals surface area contributed by atoms with Crippen molar-refractivity contribution in [3.8, 4) is 0 Å². The Labute approximate surface area is 141 Å². The van der Waals surface area contributed by atoms with Crippen molar-refractivity contribution >= 4 is 11.9 Å². The monoisotopic (exact) mass is 336 g/mol. The number of amides is 3. The molecule has 2 rings (SSSR count). The molecule has 1 unspecified atom stereocenters. The fourth-order valence-corrected chi connectivity index (χ4v) is 2.70. The summed E-state index contributed by atoms with van der Waals surface area (Å²) in [5, 5.41) is 5.19. The highest BCUT2D eigenvalue weighted by atomic mass is 19.1. The minimum Gasteiger partial charge on any atom is -0.341 e. The lowest BCUT2D eigenvalue weighted by molar-refractivity contribution is -0.133. The van der Waals surface area contributed by atoms with E-state index in [0.29, 0.717) is 13.1 Å². The second-order valence-corrected chi connectivity index (χ2v) is 6.86. The van der Waals surface area contributed by atoms with Crippen LogP contribution in [0.1, 0.15) is 25.8 Å². The highest BCUT2D eigenvalue weighted by Crippen LogP contribution is 2.27. The third-order valence-corrected chi connectivity index (χ3v) is 4.43. The normalized spacial score (nSPS) is 19.7. The average Bonchev–Trinajstić information content (AvgIpc) is 2.54. The van der Waals surface area contributed by atoms with E-state index in [0.717, 1.165) is 12.0 Å². The summed E-state index contributed by atoms with van der Waals surface area (Å²) in [6.07, 6.45) is 0.759. The summed E-state index contributed by atoms with van der Waals surface area (Å²) >= 11 is 0. The zero-order valence-electron chi connectivity index (χ0n) is 14.1. The van der Waals surface area contributed by atoms with Gasteiger partial charge in [0.25, 0.3) is 0 Å². The number of carbonyl (C=O) groups is 2. The minimum absolute atomic E-state index is 0.0550. The predicted molar refractivity (Wildman–Crippen MR) is 89.6 cm³/mol. The topological polar surface area (TPSA) is 87.5 Å². The van der Waals surface area contributed by atoms with E-state index in [2.05, 4.69) is 10.6 Å². The third-order valence-electron chi connectivity index (χ3n) is 4.43. The smallest absolute Gasteiger partial charge is 0.315 e. The number of carbonyl (C=O) groups excluding carboxylic acids is 2. The van der Waals surface area contributed by atoms with Crippen LogP contribution < -0.4 is 16.4 Å². The first-order valence-corrected chi connectivity index (χ1v) is 8.07. The average molecular weight is 336 g/mol. The molecule has 1 saturated heterocycles. The molecule has 1 aliphatic rings. The van der Waals surface area contributed by atoms with Gasteiger partial charge in [-0.15, -0.1) is 0 Å². The van der Waals surface area contributed by atoms with E-state index in [4.69, 9.17) is 5.73 Å². The van der Waals surface area contributed by atoms with Crippen molar-refractivity contribution in [1.29, 1.82) is 0 Å². The Balaban J connectivity index is 1.73. The summed E-state index contributed by atoms with van der Waals surface area (Å²) in [6.45, 7) is 5.50. The van der Waals surface area contributed by atoms with Crippen molar-refractivity contribution < 1.29 is 14.0 Å². The molecule has 1 heterocycles. The summed E-state index contributed by atoms with van der Waals surface area (Å²) in [5.41, 5.74) is 6.72. The Kier molecular flexibility index (Phi) is 5.77. The maximum absolute atomic E-state index is 12.8. The molecule has 6 nitrogen and oxygen atoms in total. The van der Waals surface area contributed by atoms with Gasteiger partial charge in [0.15, 0.2) is 0 Å². The van der Waals surface area contributed by atoms with Crippen molar-refractivity contribution in [2.75, 3.05) is 19.6 Å². The number of hydrogen-bond acceptors (Lipinski definition) is 3. The molecular weight excluding hydrogens is 311 g/mol.